The zero-order valence-electron chi connectivity index (χ0n) is 12.0. The van der Waals surface area contributed by atoms with Crippen LogP contribution in [0.25, 0.3) is 6.08 Å². The van der Waals surface area contributed by atoms with Crippen LogP contribution in [0.2, 0.25) is 0 Å². The molecule has 1 N–H and O–H groups in total. The monoisotopic (exact) mass is 300 g/mol. The van der Waals surface area contributed by atoms with Crippen LogP contribution < -0.4 is 5.32 Å². The molecule has 0 radical (unpaired) electrons. The molecule has 2 rings (SSSR count). The lowest BCUT2D eigenvalue weighted by atomic mass is 10.0. The van der Waals surface area contributed by atoms with Crippen LogP contribution in [0.5, 0.6) is 0 Å². The molecule has 0 unspecified atom stereocenters. The van der Waals surface area contributed by atoms with E-state index in [1.165, 1.54) is 4.90 Å². The van der Waals surface area contributed by atoms with Gasteiger partial charge in [0.2, 0.25) is 0 Å². The lowest BCUT2D eigenvalue weighted by molar-refractivity contribution is -0.128. The van der Waals surface area contributed by atoms with Gasteiger partial charge in [-0.15, -0.1) is 6.58 Å². The number of thiocarbonyl (C=S) groups is 1. The molecule has 1 aromatic carbocycles. The van der Waals surface area contributed by atoms with Crippen LogP contribution in [0.1, 0.15) is 16.7 Å². The number of rotatable bonds is 3. The van der Waals surface area contributed by atoms with Crippen molar-refractivity contribution in [2.75, 3.05) is 6.54 Å². The number of nitrogens with one attached hydrogen (secondary N) is 1. The predicted octanol–water partition coefficient (Wildman–Crippen LogP) is 2.12. The number of carbonyl (C=O) groups excluding carboxylic acids is 2. The first kappa shape index (κ1) is 15.1. The maximum Gasteiger partial charge on any atom is 0.265 e. The molecular formula is C16H16N2O2S. The zero-order valence-corrected chi connectivity index (χ0v) is 12.8. The Kier molecular flexibility index (Phi) is 4.33. The van der Waals surface area contributed by atoms with Crippen LogP contribution in [0.15, 0.2) is 36.4 Å². The summed E-state index contributed by atoms with van der Waals surface area (Å²) in [7, 11) is 0. The SMILES string of the molecule is C=CCN1C(=O)C(=Cc2ccc(C)cc2C)C(=O)NC1=S. The van der Waals surface area contributed by atoms with Crippen molar-refractivity contribution in [3.8, 4) is 0 Å². The highest BCUT2D eigenvalue weighted by Crippen LogP contribution is 2.18. The van der Waals surface area contributed by atoms with E-state index in [2.05, 4.69) is 11.9 Å². The van der Waals surface area contributed by atoms with Crippen molar-refractivity contribution in [2.24, 2.45) is 0 Å². The molecule has 1 fully saturated rings. The Hall–Kier alpha value is -2.27. The van der Waals surface area contributed by atoms with E-state index in [1.807, 2.05) is 32.0 Å². The third-order valence-electron chi connectivity index (χ3n) is 3.22. The fourth-order valence-corrected chi connectivity index (χ4v) is 2.38. The Bertz CT molecular complexity index is 677. The van der Waals surface area contributed by atoms with Crippen molar-refractivity contribution >= 4 is 35.2 Å². The van der Waals surface area contributed by atoms with Crippen LogP contribution in [-0.4, -0.2) is 28.4 Å². The van der Waals surface area contributed by atoms with Crippen LogP contribution in [0, 0.1) is 13.8 Å². The summed E-state index contributed by atoms with van der Waals surface area (Å²) in [5.41, 5.74) is 3.05. The van der Waals surface area contributed by atoms with Gasteiger partial charge in [0.25, 0.3) is 11.8 Å². The van der Waals surface area contributed by atoms with Gasteiger partial charge >= 0.3 is 0 Å². The number of carbonyl (C=O) groups is 2. The Morgan fingerprint density at radius 3 is 2.67 bits per heavy atom. The number of benzene rings is 1. The van der Waals surface area contributed by atoms with Crippen LogP contribution in [0.3, 0.4) is 0 Å². The van der Waals surface area contributed by atoms with Crippen molar-refractivity contribution in [1.29, 1.82) is 0 Å². The summed E-state index contributed by atoms with van der Waals surface area (Å²) in [5.74, 6) is -0.867. The Morgan fingerprint density at radius 1 is 1.33 bits per heavy atom. The van der Waals surface area contributed by atoms with Crippen molar-refractivity contribution in [1.82, 2.24) is 10.2 Å². The topological polar surface area (TPSA) is 49.4 Å². The quantitative estimate of drug-likeness (QED) is 0.402. The maximum atomic E-state index is 12.4. The summed E-state index contributed by atoms with van der Waals surface area (Å²) in [6, 6.07) is 5.84. The minimum Gasteiger partial charge on any atom is -0.298 e. The number of nitrogens with zero attached hydrogens (tertiary/aromatic N) is 1. The standard InChI is InChI=1S/C16H16N2O2S/c1-4-7-18-15(20)13(14(19)17-16(18)21)9-12-6-5-10(2)8-11(12)3/h4-6,8-9H,1,7H2,2-3H3,(H,17,19,21). The summed E-state index contributed by atoms with van der Waals surface area (Å²) < 4.78 is 0. The summed E-state index contributed by atoms with van der Waals surface area (Å²) in [4.78, 5) is 25.7. The molecule has 5 heteroatoms. The average molecular weight is 300 g/mol. The van der Waals surface area contributed by atoms with Gasteiger partial charge in [-0.1, -0.05) is 29.8 Å². The second-order valence-electron chi connectivity index (χ2n) is 4.88. The minimum absolute atomic E-state index is 0.0809. The van der Waals surface area contributed by atoms with E-state index in [9.17, 15) is 9.59 Å². The fourth-order valence-electron chi connectivity index (χ4n) is 2.13. The molecule has 1 aliphatic rings. The summed E-state index contributed by atoms with van der Waals surface area (Å²) >= 11 is 5.01. The lowest BCUT2D eigenvalue weighted by Gasteiger charge is -2.27. The zero-order chi connectivity index (χ0) is 15.6. The molecule has 0 bridgehead atoms. The Balaban J connectivity index is 2.42. The highest BCUT2D eigenvalue weighted by Gasteiger charge is 2.32. The van der Waals surface area contributed by atoms with Gasteiger partial charge in [-0.3, -0.25) is 19.8 Å². The van der Waals surface area contributed by atoms with E-state index in [0.717, 1.165) is 16.7 Å². The lowest BCUT2D eigenvalue weighted by Crippen LogP contribution is -2.53. The first-order chi connectivity index (χ1) is 9.93. The Labute approximate surface area is 129 Å². The highest BCUT2D eigenvalue weighted by molar-refractivity contribution is 7.80. The predicted molar refractivity (Wildman–Crippen MR) is 86.5 cm³/mol. The second-order valence-corrected chi connectivity index (χ2v) is 5.27. The van der Waals surface area contributed by atoms with Crippen molar-refractivity contribution in [3.05, 3.63) is 53.1 Å². The molecule has 4 nitrogen and oxygen atoms in total. The number of aryl methyl sites for hydroxylation is 2. The molecular weight excluding hydrogens is 284 g/mol. The van der Waals surface area contributed by atoms with E-state index < -0.39 is 11.8 Å². The van der Waals surface area contributed by atoms with Crippen molar-refractivity contribution in [3.63, 3.8) is 0 Å². The highest BCUT2D eigenvalue weighted by atomic mass is 32.1. The van der Waals surface area contributed by atoms with Crippen LogP contribution >= 0.6 is 12.2 Å². The summed E-state index contributed by atoms with van der Waals surface area (Å²) in [6.45, 7) is 7.79. The maximum absolute atomic E-state index is 12.4. The van der Waals surface area contributed by atoms with Gasteiger partial charge in [0.15, 0.2) is 5.11 Å². The van der Waals surface area contributed by atoms with E-state index in [4.69, 9.17) is 12.2 Å². The van der Waals surface area contributed by atoms with Crippen molar-refractivity contribution < 1.29 is 9.59 Å². The van der Waals surface area contributed by atoms with Gasteiger partial charge in [-0.2, -0.15) is 0 Å². The molecule has 1 heterocycles. The first-order valence-electron chi connectivity index (χ1n) is 6.51. The fraction of sp³-hybridized carbons (Fsp3) is 0.188. The van der Waals surface area contributed by atoms with Gasteiger partial charge in [-0.25, -0.2) is 0 Å². The van der Waals surface area contributed by atoms with Gasteiger partial charge < -0.3 is 0 Å². The smallest absolute Gasteiger partial charge is 0.265 e. The van der Waals surface area contributed by atoms with Gasteiger partial charge in [-0.05, 0) is 43.3 Å². The van der Waals surface area contributed by atoms with E-state index in [0.29, 0.717) is 0 Å². The first-order valence-corrected chi connectivity index (χ1v) is 6.92. The van der Waals surface area contributed by atoms with Gasteiger partial charge in [0.1, 0.15) is 5.57 Å². The largest absolute Gasteiger partial charge is 0.298 e. The number of hydrogen-bond donors (Lipinski definition) is 1. The Morgan fingerprint density at radius 2 is 2.05 bits per heavy atom. The molecule has 2 amide bonds. The minimum atomic E-state index is -0.467. The molecule has 1 aliphatic heterocycles. The van der Waals surface area contributed by atoms with E-state index >= 15 is 0 Å². The molecule has 0 aromatic heterocycles. The van der Waals surface area contributed by atoms with Crippen LogP contribution in [-0.2, 0) is 9.59 Å². The summed E-state index contributed by atoms with van der Waals surface area (Å²) in [6.07, 6.45) is 3.17. The van der Waals surface area contributed by atoms with E-state index in [-0.39, 0.29) is 17.2 Å². The molecule has 0 atom stereocenters. The third kappa shape index (κ3) is 3.08. The van der Waals surface area contributed by atoms with Gasteiger partial charge in [0.05, 0.1) is 0 Å². The third-order valence-corrected chi connectivity index (χ3v) is 3.55. The number of hydrogen-bond acceptors (Lipinski definition) is 3. The summed E-state index contributed by atoms with van der Waals surface area (Å²) in [5, 5.41) is 2.64. The molecule has 108 valence electrons. The van der Waals surface area contributed by atoms with Crippen molar-refractivity contribution in [2.45, 2.75) is 13.8 Å². The van der Waals surface area contributed by atoms with E-state index in [1.54, 1.807) is 12.2 Å². The molecule has 0 spiro atoms. The average Bonchev–Trinajstić information content (AvgIpc) is 2.41. The normalized spacial score (nSPS) is 17.1. The molecule has 1 aromatic rings. The van der Waals surface area contributed by atoms with Gasteiger partial charge in [0, 0.05) is 6.54 Å². The second kappa shape index (κ2) is 6.01. The molecule has 21 heavy (non-hydrogen) atoms. The molecule has 0 saturated carbocycles. The molecule has 0 aliphatic carbocycles. The number of amides is 2. The molecule has 1 saturated heterocycles. The van der Waals surface area contributed by atoms with Crippen LogP contribution in [0.4, 0.5) is 0 Å².